The molecule has 0 aliphatic heterocycles. The molecule has 2 aromatic heterocycles. The smallest absolute Gasteiger partial charge is 0.416 e. The summed E-state index contributed by atoms with van der Waals surface area (Å²) >= 11 is 1.03. The lowest BCUT2D eigenvalue weighted by atomic mass is 10.1. The summed E-state index contributed by atoms with van der Waals surface area (Å²) < 4.78 is 45.7. The van der Waals surface area contributed by atoms with Crippen LogP contribution in [-0.4, -0.2) is 28.0 Å². The molecule has 1 N–H and O–H groups in total. The van der Waals surface area contributed by atoms with E-state index in [0.717, 1.165) is 33.6 Å². The normalized spacial score (nSPS) is 12.3. The number of hydrogen-bond donors (Lipinski definition) is 1. The second kappa shape index (κ2) is 11.2. The molecule has 0 bridgehead atoms. The van der Waals surface area contributed by atoms with Crippen molar-refractivity contribution in [2.45, 2.75) is 38.9 Å². The number of aromatic nitrogens is 2. The zero-order valence-electron chi connectivity index (χ0n) is 20.5. The number of carbonyl (C=O) groups is 2. The molecule has 0 fully saturated rings. The maximum Gasteiger partial charge on any atom is 0.416 e. The second-order valence-corrected chi connectivity index (χ2v) is 9.56. The first-order chi connectivity index (χ1) is 18.1. The van der Waals surface area contributed by atoms with Crippen LogP contribution in [0.4, 0.5) is 18.9 Å². The van der Waals surface area contributed by atoms with Crippen molar-refractivity contribution in [2.24, 2.45) is 0 Å². The number of benzene rings is 2. The second-order valence-electron chi connectivity index (χ2n) is 8.56. The number of carbonyl (C=O) groups excluding carboxylic acids is 2. The minimum atomic E-state index is -4.56. The summed E-state index contributed by atoms with van der Waals surface area (Å²) in [6.07, 6.45) is -2.63. The van der Waals surface area contributed by atoms with Crippen LogP contribution in [0.5, 0.6) is 0 Å². The average Bonchev–Trinajstić information content (AvgIpc) is 3.23. The molecule has 0 saturated carbocycles. The average molecular weight is 544 g/mol. The Morgan fingerprint density at radius 2 is 1.87 bits per heavy atom. The maximum atomic E-state index is 13.4. The van der Waals surface area contributed by atoms with Crippen LogP contribution in [0.3, 0.4) is 0 Å². The molecule has 4 rings (SSSR count). The van der Waals surface area contributed by atoms with Gasteiger partial charge in [0.2, 0.25) is 5.91 Å². The van der Waals surface area contributed by atoms with Crippen molar-refractivity contribution in [1.29, 1.82) is 0 Å². The van der Waals surface area contributed by atoms with Crippen molar-refractivity contribution >= 4 is 39.1 Å². The first-order valence-electron chi connectivity index (χ1n) is 11.8. The number of ether oxygens (including phenoxy) is 1. The largest absolute Gasteiger partial charge is 0.461 e. The van der Waals surface area contributed by atoms with E-state index in [9.17, 15) is 27.6 Å². The summed E-state index contributed by atoms with van der Waals surface area (Å²) in [6, 6.07) is 12.8. The van der Waals surface area contributed by atoms with Gasteiger partial charge in [-0.05, 0) is 42.7 Å². The van der Waals surface area contributed by atoms with Crippen LogP contribution in [0.2, 0.25) is 0 Å². The van der Waals surface area contributed by atoms with E-state index in [0.29, 0.717) is 16.8 Å². The maximum absolute atomic E-state index is 13.4. The van der Waals surface area contributed by atoms with Gasteiger partial charge in [0.15, 0.2) is 0 Å². The quantitative estimate of drug-likeness (QED) is 0.285. The molecule has 2 aromatic carbocycles. The molecule has 0 aliphatic rings. The number of esters is 1. The van der Waals surface area contributed by atoms with E-state index >= 15 is 0 Å². The number of nitrogens with zero attached hydrogens (tertiary/aromatic N) is 2. The van der Waals surface area contributed by atoms with Crippen molar-refractivity contribution in [2.75, 3.05) is 11.9 Å². The number of rotatable bonds is 8. The first-order valence-corrected chi connectivity index (χ1v) is 12.6. The van der Waals surface area contributed by atoms with E-state index in [1.807, 2.05) is 30.3 Å². The van der Waals surface area contributed by atoms with Gasteiger partial charge in [-0.25, -0.2) is 9.78 Å². The van der Waals surface area contributed by atoms with Gasteiger partial charge < -0.3 is 10.1 Å². The van der Waals surface area contributed by atoms with Gasteiger partial charge in [0, 0.05) is 12.1 Å². The van der Waals surface area contributed by atoms with Gasteiger partial charge in [-0.15, -0.1) is 11.3 Å². The molecular formula is C27H24F3N3O4S. The third-order valence-electron chi connectivity index (χ3n) is 6.01. The fourth-order valence-corrected chi connectivity index (χ4v) is 5.07. The van der Waals surface area contributed by atoms with Crippen LogP contribution in [-0.2, 0) is 22.1 Å². The Kier molecular flexibility index (Phi) is 7.96. The van der Waals surface area contributed by atoms with Gasteiger partial charge in [-0.2, -0.15) is 13.2 Å². The monoisotopic (exact) mass is 543 g/mol. The van der Waals surface area contributed by atoms with Crippen LogP contribution in [0.25, 0.3) is 10.2 Å². The van der Waals surface area contributed by atoms with E-state index in [1.54, 1.807) is 13.8 Å². The predicted octanol–water partition coefficient (Wildman–Crippen LogP) is 5.77. The van der Waals surface area contributed by atoms with Crippen LogP contribution < -0.4 is 10.9 Å². The van der Waals surface area contributed by atoms with E-state index in [1.165, 1.54) is 18.5 Å². The highest BCUT2D eigenvalue weighted by molar-refractivity contribution is 7.20. The van der Waals surface area contributed by atoms with Crippen LogP contribution >= 0.6 is 11.3 Å². The fourth-order valence-electron chi connectivity index (χ4n) is 4.03. The van der Waals surface area contributed by atoms with E-state index in [4.69, 9.17) is 4.74 Å². The summed E-state index contributed by atoms with van der Waals surface area (Å²) in [5.41, 5.74) is -0.0574. The standard InChI is InChI=1S/C27H24F3N3O4S/c1-3-20(23(34)32-19-11-7-10-18(14-19)27(28,29)30)33-15-31-24-21(25(33)35)16(2)22(38-24)26(36)37-13-12-17-8-5-4-6-9-17/h4-11,14-15,20H,3,12-13H2,1-2H3,(H,32,34). The van der Waals surface area contributed by atoms with Gasteiger partial charge in [-0.1, -0.05) is 43.3 Å². The van der Waals surface area contributed by atoms with Gasteiger partial charge >= 0.3 is 12.1 Å². The molecule has 1 atom stereocenters. The van der Waals surface area contributed by atoms with E-state index in [-0.39, 0.29) is 29.0 Å². The highest BCUT2D eigenvalue weighted by atomic mass is 32.1. The lowest BCUT2D eigenvalue weighted by Crippen LogP contribution is -2.33. The first kappa shape index (κ1) is 27.1. The molecule has 11 heteroatoms. The fraction of sp³-hybridized carbons (Fsp3) is 0.259. The molecule has 0 radical (unpaired) electrons. The molecule has 38 heavy (non-hydrogen) atoms. The van der Waals surface area contributed by atoms with Crippen molar-refractivity contribution < 1.29 is 27.5 Å². The molecule has 0 aliphatic carbocycles. The minimum absolute atomic E-state index is 0.0439. The number of nitrogens with one attached hydrogen (secondary N) is 1. The Morgan fingerprint density at radius 1 is 1.13 bits per heavy atom. The molecule has 2 heterocycles. The summed E-state index contributed by atoms with van der Waals surface area (Å²) in [7, 11) is 0. The van der Waals surface area contributed by atoms with Crippen LogP contribution in [0.1, 0.15) is 45.7 Å². The molecule has 198 valence electrons. The van der Waals surface area contributed by atoms with Crippen molar-refractivity contribution in [3.63, 3.8) is 0 Å². The highest BCUT2D eigenvalue weighted by Gasteiger charge is 2.31. The van der Waals surface area contributed by atoms with Gasteiger partial charge in [0.1, 0.15) is 15.7 Å². The number of fused-ring (bicyclic) bond motifs is 1. The minimum Gasteiger partial charge on any atom is -0.461 e. The summed E-state index contributed by atoms with van der Waals surface area (Å²) in [5.74, 6) is -1.23. The van der Waals surface area contributed by atoms with Crippen molar-refractivity contribution in [3.05, 3.63) is 92.8 Å². The number of alkyl halides is 3. The summed E-state index contributed by atoms with van der Waals surface area (Å²) in [6.45, 7) is 3.45. The Hall–Kier alpha value is -3.99. The summed E-state index contributed by atoms with van der Waals surface area (Å²) in [4.78, 5) is 43.9. The Morgan fingerprint density at radius 3 is 2.55 bits per heavy atom. The zero-order chi connectivity index (χ0) is 27.4. The molecule has 1 unspecified atom stereocenters. The Labute approximate surface area is 219 Å². The van der Waals surface area contributed by atoms with Crippen LogP contribution in [0, 0.1) is 6.92 Å². The topological polar surface area (TPSA) is 90.3 Å². The Bertz CT molecular complexity index is 1530. The third-order valence-corrected chi connectivity index (χ3v) is 7.19. The third kappa shape index (κ3) is 5.77. The summed E-state index contributed by atoms with van der Waals surface area (Å²) in [5, 5.41) is 2.65. The number of hydrogen-bond acceptors (Lipinski definition) is 6. The zero-order valence-corrected chi connectivity index (χ0v) is 21.4. The molecule has 0 spiro atoms. The Balaban J connectivity index is 1.55. The molecule has 4 aromatic rings. The number of anilines is 1. The van der Waals surface area contributed by atoms with Crippen molar-refractivity contribution in [3.8, 4) is 0 Å². The molecule has 7 nitrogen and oxygen atoms in total. The van der Waals surface area contributed by atoms with E-state index in [2.05, 4.69) is 10.3 Å². The van der Waals surface area contributed by atoms with Gasteiger partial charge in [-0.3, -0.25) is 14.2 Å². The molecule has 1 amide bonds. The number of aryl methyl sites for hydroxylation is 1. The van der Waals surface area contributed by atoms with E-state index < -0.39 is 35.2 Å². The van der Waals surface area contributed by atoms with Crippen LogP contribution in [0.15, 0.2) is 65.7 Å². The molecule has 0 saturated heterocycles. The highest BCUT2D eigenvalue weighted by Crippen LogP contribution is 2.31. The van der Waals surface area contributed by atoms with Crippen molar-refractivity contribution in [1.82, 2.24) is 9.55 Å². The predicted molar refractivity (Wildman–Crippen MR) is 138 cm³/mol. The van der Waals surface area contributed by atoms with Gasteiger partial charge in [0.05, 0.1) is 23.9 Å². The van der Waals surface area contributed by atoms with Gasteiger partial charge in [0.25, 0.3) is 5.56 Å². The lowest BCUT2D eigenvalue weighted by molar-refractivity contribution is -0.137. The number of thiophene rings is 1. The lowest BCUT2D eigenvalue weighted by Gasteiger charge is -2.18. The SMILES string of the molecule is CCC(C(=O)Nc1cccc(C(F)(F)F)c1)n1cnc2sc(C(=O)OCCc3ccccc3)c(C)c2c1=O. The number of halogens is 3. The number of amides is 1. The molecular weight excluding hydrogens is 519 g/mol.